The number of benzene rings is 1. The van der Waals surface area contributed by atoms with E-state index in [0.717, 1.165) is 15.9 Å². The number of aromatic nitrogens is 2. The Morgan fingerprint density at radius 1 is 1.00 bits per heavy atom. The van der Waals surface area contributed by atoms with Crippen molar-refractivity contribution < 1.29 is 4.74 Å². The molecule has 0 saturated heterocycles. The normalized spacial score (nSPS) is 10.4. The molecule has 0 bridgehead atoms. The van der Waals surface area contributed by atoms with Crippen LogP contribution in [0.1, 0.15) is 0 Å². The summed E-state index contributed by atoms with van der Waals surface area (Å²) in [7, 11) is 4.69. The Hall–Kier alpha value is -2.30. The van der Waals surface area contributed by atoms with E-state index in [1.54, 1.807) is 26.3 Å². The topological polar surface area (TPSA) is 53.2 Å². The van der Waals surface area contributed by atoms with E-state index in [-0.39, 0.29) is 11.2 Å². The van der Waals surface area contributed by atoms with E-state index >= 15 is 0 Å². The molecule has 0 aliphatic heterocycles. The van der Waals surface area contributed by atoms with Crippen LogP contribution in [0.15, 0.2) is 39.9 Å². The zero-order valence-electron chi connectivity index (χ0n) is 10.5. The van der Waals surface area contributed by atoms with Crippen molar-refractivity contribution in [2.45, 2.75) is 0 Å². The van der Waals surface area contributed by atoms with Gasteiger partial charge in [-0.3, -0.25) is 13.9 Å². The van der Waals surface area contributed by atoms with Crippen LogP contribution in [0.5, 0.6) is 5.75 Å². The Balaban J connectivity index is 2.64. The molecule has 0 aliphatic rings. The van der Waals surface area contributed by atoms with Gasteiger partial charge in [0.05, 0.1) is 12.8 Å². The van der Waals surface area contributed by atoms with E-state index in [4.69, 9.17) is 4.74 Å². The van der Waals surface area contributed by atoms with E-state index in [1.807, 2.05) is 12.1 Å². The summed E-state index contributed by atoms with van der Waals surface area (Å²) in [6.45, 7) is 0. The van der Waals surface area contributed by atoms with E-state index in [1.165, 1.54) is 17.7 Å². The molecule has 2 rings (SSSR count). The fraction of sp³-hybridized carbons (Fsp3) is 0.231. The predicted molar refractivity (Wildman–Crippen MR) is 68.9 cm³/mol. The minimum absolute atomic E-state index is 0.316. The fourth-order valence-electron chi connectivity index (χ4n) is 1.77. The van der Waals surface area contributed by atoms with Crippen molar-refractivity contribution in [1.82, 2.24) is 9.13 Å². The minimum Gasteiger partial charge on any atom is -0.497 e. The van der Waals surface area contributed by atoms with E-state index in [9.17, 15) is 9.59 Å². The highest BCUT2D eigenvalue weighted by molar-refractivity contribution is 5.60. The van der Waals surface area contributed by atoms with Crippen LogP contribution in [-0.4, -0.2) is 16.2 Å². The lowest BCUT2D eigenvalue weighted by Crippen LogP contribution is -2.36. The molecule has 0 atom stereocenters. The van der Waals surface area contributed by atoms with Gasteiger partial charge in [-0.25, -0.2) is 4.79 Å². The van der Waals surface area contributed by atoms with Crippen LogP contribution in [0.2, 0.25) is 0 Å². The summed E-state index contributed by atoms with van der Waals surface area (Å²) in [5, 5.41) is 0. The average Bonchev–Trinajstić information content (AvgIpc) is 2.41. The van der Waals surface area contributed by atoms with Gasteiger partial charge in [-0.05, 0) is 29.8 Å². The third-order valence-corrected chi connectivity index (χ3v) is 2.91. The summed E-state index contributed by atoms with van der Waals surface area (Å²) >= 11 is 0. The Morgan fingerprint density at radius 3 is 2.17 bits per heavy atom. The maximum absolute atomic E-state index is 11.8. The van der Waals surface area contributed by atoms with Crippen LogP contribution < -0.4 is 16.0 Å². The van der Waals surface area contributed by atoms with Crippen LogP contribution >= 0.6 is 0 Å². The van der Waals surface area contributed by atoms with Gasteiger partial charge in [-0.1, -0.05) is 0 Å². The Kier molecular flexibility index (Phi) is 3.06. The number of nitrogens with zero attached hydrogens (tertiary/aromatic N) is 2. The fourth-order valence-corrected chi connectivity index (χ4v) is 1.77. The molecule has 0 saturated carbocycles. The summed E-state index contributed by atoms with van der Waals surface area (Å²) in [6.07, 6.45) is 0. The lowest BCUT2D eigenvalue weighted by atomic mass is 10.1. The highest BCUT2D eigenvalue weighted by Gasteiger charge is 2.07. The highest BCUT2D eigenvalue weighted by Crippen LogP contribution is 2.19. The largest absolute Gasteiger partial charge is 0.497 e. The molecular formula is C13H14N2O3. The molecule has 0 unspecified atom stereocenters. The van der Waals surface area contributed by atoms with Crippen molar-refractivity contribution in [1.29, 1.82) is 0 Å². The highest BCUT2D eigenvalue weighted by atomic mass is 16.5. The van der Waals surface area contributed by atoms with Crippen LogP contribution in [0.25, 0.3) is 11.3 Å². The Bertz CT molecular complexity index is 681. The molecule has 0 spiro atoms. The molecule has 2 aromatic rings. The molecular weight excluding hydrogens is 232 g/mol. The lowest BCUT2D eigenvalue weighted by Gasteiger charge is -2.09. The molecule has 0 amide bonds. The molecule has 1 aromatic carbocycles. The van der Waals surface area contributed by atoms with Gasteiger partial charge in [0.2, 0.25) is 0 Å². The smallest absolute Gasteiger partial charge is 0.330 e. The maximum Gasteiger partial charge on any atom is 0.330 e. The molecule has 1 aromatic heterocycles. The summed E-state index contributed by atoms with van der Waals surface area (Å²) < 4.78 is 7.59. The quantitative estimate of drug-likeness (QED) is 0.786. The zero-order valence-corrected chi connectivity index (χ0v) is 10.5. The van der Waals surface area contributed by atoms with Crippen LogP contribution in [0, 0.1) is 0 Å². The Labute approximate surface area is 104 Å². The third-order valence-electron chi connectivity index (χ3n) is 2.91. The van der Waals surface area contributed by atoms with Gasteiger partial charge in [-0.2, -0.15) is 0 Å². The molecule has 0 radical (unpaired) electrons. The SMILES string of the molecule is COc1ccc(-c2cc(=O)n(C)c(=O)n2C)cc1. The number of ether oxygens (including phenoxy) is 1. The van der Waals surface area contributed by atoms with Gasteiger partial charge < -0.3 is 4.74 Å². The minimum atomic E-state index is -0.340. The average molecular weight is 246 g/mol. The van der Waals surface area contributed by atoms with Crippen molar-refractivity contribution >= 4 is 0 Å². The summed E-state index contributed by atoms with van der Waals surface area (Å²) in [4.78, 5) is 23.4. The number of methoxy groups -OCH3 is 1. The first-order valence-electron chi connectivity index (χ1n) is 5.46. The molecule has 0 N–H and O–H groups in total. The molecule has 0 fully saturated rings. The van der Waals surface area contributed by atoms with Gasteiger partial charge in [-0.15, -0.1) is 0 Å². The van der Waals surface area contributed by atoms with Crippen molar-refractivity contribution in [2.75, 3.05) is 7.11 Å². The van der Waals surface area contributed by atoms with Gasteiger partial charge in [0.15, 0.2) is 0 Å². The molecule has 94 valence electrons. The second-order valence-electron chi connectivity index (χ2n) is 4.00. The summed E-state index contributed by atoms with van der Waals surface area (Å²) in [5.74, 6) is 0.729. The van der Waals surface area contributed by atoms with E-state index < -0.39 is 0 Å². The molecule has 1 heterocycles. The summed E-state index contributed by atoms with van der Waals surface area (Å²) in [6, 6.07) is 8.65. The van der Waals surface area contributed by atoms with Crippen molar-refractivity contribution in [3.63, 3.8) is 0 Å². The number of rotatable bonds is 2. The standard InChI is InChI=1S/C13H14N2O3/c1-14-11(8-12(16)15(2)13(14)17)9-4-6-10(18-3)7-5-9/h4-8H,1-3H3. The van der Waals surface area contributed by atoms with Gasteiger partial charge >= 0.3 is 5.69 Å². The summed E-state index contributed by atoms with van der Waals surface area (Å²) in [5.41, 5.74) is 0.732. The van der Waals surface area contributed by atoms with E-state index in [2.05, 4.69) is 0 Å². The van der Waals surface area contributed by atoms with Crippen LogP contribution in [0.4, 0.5) is 0 Å². The van der Waals surface area contributed by atoms with Crippen LogP contribution in [0.3, 0.4) is 0 Å². The van der Waals surface area contributed by atoms with Gasteiger partial charge in [0.1, 0.15) is 5.75 Å². The van der Waals surface area contributed by atoms with Crippen molar-refractivity contribution in [3.8, 4) is 17.0 Å². The second kappa shape index (κ2) is 4.52. The zero-order chi connectivity index (χ0) is 13.3. The van der Waals surface area contributed by atoms with Gasteiger partial charge in [0, 0.05) is 20.2 Å². The lowest BCUT2D eigenvalue weighted by molar-refractivity contribution is 0.415. The van der Waals surface area contributed by atoms with Crippen molar-refractivity contribution in [2.24, 2.45) is 14.1 Å². The maximum atomic E-state index is 11.8. The Morgan fingerprint density at radius 2 is 1.61 bits per heavy atom. The molecule has 0 aliphatic carbocycles. The first kappa shape index (κ1) is 12.2. The molecule has 18 heavy (non-hydrogen) atoms. The molecule has 5 heteroatoms. The van der Waals surface area contributed by atoms with Crippen LogP contribution in [-0.2, 0) is 14.1 Å². The molecule has 5 nitrogen and oxygen atoms in total. The van der Waals surface area contributed by atoms with Gasteiger partial charge in [0.25, 0.3) is 5.56 Å². The first-order chi connectivity index (χ1) is 8.54. The predicted octanol–water partition coefficient (Wildman–Crippen LogP) is 0.760. The third kappa shape index (κ3) is 1.95. The van der Waals surface area contributed by atoms with Crippen molar-refractivity contribution in [3.05, 3.63) is 51.2 Å². The van der Waals surface area contributed by atoms with E-state index in [0.29, 0.717) is 5.69 Å². The number of hydrogen-bond donors (Lipinski definition) is 0. The number of hydrogen-bond acceptors (Lipinski definition) is 3. The second-order valence-corrected chi connectivity index (χ2v) is 4.00. The monoisotopic (exact) mass is 246 g/mol. The first-order valence-corrected chi connectivity index (χ1v) is 5.46.